The van der Waals surface area contributed by atoms with E-state index in [-0.39, 0.29) is 1.43 Å². The number of rotatable bonds is 5. The number of hydrogen-bond donors (Lipinski definition) is 0. The highest BCUT2D eigenvalue weighted by Gasteiger charge is 2.20. The third-order valence-electron chi connectivity index (χ3n) is 3.37. The topological polar surface area (TPSA) is 0 Å². The molecule has 0 aliphatic carbocycles. The lowest BCUT2D eigenvalue weighted by atomic mass is 10.2. The van der Waals surface area contributed by atoms with Crippen molar-refractivity contribution in [2.75, 3.05) is 19.6 Å². The van der Waals surface area contributed by atoms with Crippen LogP contribution in [-0.4, -0.2) is 24.1 Å². The molecule has 1 aromatic carbocycles. The molecule has 0 saturated heterocycles. The van der Waals surface area contributed by atoms with Gasteiger partial charge in [-0.25, -0.2) is 0 Å². The maximum Gasteiger partial charge on any atom is 0.104 e. The molecular weight excluding hydrogens is 170 g/mol. The summed E-state index contributed by atoms with van der Waals surface area (Å²) in [5, 5.41) is 0. The standard InChI is InChI=1S/C13H22N.H/c1-4-14(5-2,6-3)12-13-10-8-7-9-11-13;/h7-11H,4-6,12H2,1-3H3;/q+1;. The fourth-order valence-electron chi connectivity index (χ4n) is 1.98. The van der Waals surface area contributed by atoms with Crippen molar-refractivity contribution in [3.63, 3.8) is 0 Å². The summed E-state index contributed by atoms with van der Waals surface area (Å²) in [6.45, 7) is 11.7. The van der Waals surface area contributed by atoms with Crippen molar-refractivity contribution in [3.8, 4) is 0 Å². The van der Waals surface area contributed by atoms with Crippen LogP contribution in [0.2, 0.25) is 0 Å². The van der Waals surface area contributed by atoms with Crippen molar-refractivity contribution in [1.82, 2.24) is 0 Å². The fourth-order valence-corrected chi connectivity index (χ4v) is 1.98. The van der Waals surface area contributed by atoms with Gasteiger partial charge in [0.15, 0.2) is 0 Å². The Bertz CT molecular complexity index is 246. The van der Waals surface area contributed by atoms with Gasteiger partial charge in [0.05, 0.1) is 19.6 Å². The number of nitrogens with zero attached hydrogens (tertiary/aromatic N) is 1. The molecule has 14 heavy (non-hydrogen) atoms. The van der Waals surface area contributed by atoms with Crippen LogP contribution < -0.4 is 0 Å². The van der Waals surface area contributed by atoms with Crippen molar-refractivity contribution in [1.29, 1.82) is 0 Å². The van der Waals surface area contributed by atoms with Crippen LogP contribution >= 0.6 is 0 Å². The molecule has 1 nitrogen and oxygen atoms in total. The molecule has 0 amide bonds. The Morgan fingerprint density at radius 2 is 1.43 bits per heavy atom. The molecule has 1 heteroatoms. The monoisotopic (exact) mass is 193 g/mol. The molecule has 1 radical (unpaired) electrons. The minimum Gasteiger partial charge on any atom is -0.321 e. The van der Waals surface area contributed by atoms with E-state index in [1.807, 2.05) is 0 Å². The van der Waals surface area contributed by atoms with Crippen LogP contribution in [0.4, 0.5) is 0 Å². The van der Waals surface area contributed by atoms with Gasteiger partial charge in [-0.15, -0.1) is 0 Å². The molecule has 0 atom stereocenters. The van der Waals surface area contributed by atoms with Crippen molar-refractivity contribution < 1.29 is 5.91 Å². The maximum atomic E-state index is 2.29. The van der Waals surface area contributed by atoms with Crippen molar-refractivity contribution >= 4 is 0 Å². The highest BCUT2D eigenvalue weighted by molar-refractivity contribution is 5.13. The van der Waals surface area contributed by atoms with Gasteiger partial charge in [0.25, 0.3) is 0 Å². The van der Waals surface area contributed by atoms with E-state index in [0.717, 1.165) is 0 Å². The normalized spacial score (nSPS) is 11.6. The minimum absolute atomic E-state index is 0. The average Bonchev–Trinajstić information content (AvgIpc) is 2.28. The zero-order chi connectivity index (χ0) is 10.4. The van der Waals surface area contributed by atoms with Gasteiger partial charge in [0.2, 0.25) is 0 Å². The molecule has 0 aromatic heterocycles. The van der Waals surface area contributed by atoms with Crippen LogP contribution in [0.1, 0.15) is 27.8 Å². The van der Waals surface area contributed by atoms with Gasteiger partial charge >= 0.3 is 0 Å². The second-order valence-electron chi connectivity index (χ2n) is 3.93. The molecule has 79 valence electrons. The minimum atomic E-state index is 0. The van der Waals surface area contributed by atoms with E-state index in [9.17, 15) is 0 Å². The van der Waals surface area contributed by atoms with E-state index >= 15 is 0 Å². The Balaban J connectivity index is 0.00000196. The third kappa shape index (κ3) is 2.58. The van der Waals surface area contributed by atoms with E-state index < -0.39 is 0 Å². The summed E-state index contributed by atoms with van der Waals surface area (Å²) in [6.07, 6.45) is 0. The zero-order valence-electron chi connectivity index (χ0n) is 10.7. The van der Waals surface area contributed by atoms with Gasteiger partial charge in [-0.1, -0.05) is 30.3 Å². The van der Waals surface area contributed by atoms with Crippen LogP contribution in [0.15, 0.2) is 30.3 Å². The van der Waals surface area contributed by atoms with Crippen molar-refractivity contribution in [2.24, 2.45) is 0 Å². The van der Waals surface area contributed by atoms with Gasteiger partial charge in [0, 0.05) is 6.99 Å². The van der Waals surface area contributed by atoms with Gasteiger partial charge in [-0.2, -0.15) is 0 Å². The van der Waals surface area contributed by atoms with Gasteiger partial charge < -0.3 is 4.48 Å². The number of quaternary nitrogens is 1. The number of hydrogen-bond acceptors (Lipinski definition) is 0. The van der Waals surface area contributed by atoms with Crippen molar-refractivity contribution in [2.45, 2.75) is 27.3 Å². The van der Waals surface area contributed by atoms with Crippen LogP contribution in [0.25, 0.3) is 0 Å². The van der Waals surface area contributed by atoms with Crippen LogP contribution in [0, 0.1) is 0 Å². The molecule has 0 heterocycles. The summed E-state index contributed by atoms with van der Waals surface area (Å²) in [5.74, 6) is 0. The summed E-state index contributed by atoms with van der Waals surface area (Å²) in [7, 11) is 0. The smallest absolute Gasteiger partial charge is 0.104 e. The first-order chi connectivity index (χ1) is 6.76. The summed E-state index contributed by atoms with van der Waals surface area (Å²) in [4.78, 5) is 0. The van der Waals surface area contributed by atoms with E-state index in [0.29, 0.717) is 0 Å². The predicted molar refractivity (Wildman–Crippen MR) is 63.1 cm³/mol. The highest BCUT2D eigenvalue weighted by Crippen LogP contribution is 2.13. The molecule has 0 aliphatic heterocycles. The first-order valence-corrected chi connectivity index (χ1v) is 5.65. The van der Waals surface area contributed by atoms with Gasteiger partial charge in [0.1, 0.15) is 6.54 Å². The SMILES string of the molecule is CC[N+](CC)(CC)Cc1ccccc1.[H]. The van der Waals surface area contributed by atoms with E-state index in [4.69, 9.17) is 0 Å². The quantitative estimate of drug-likeness (QED) is 0.630. The molecule has 0 saturated carbocycles. The van der Waals surface area contributed by atoms with Crippen LogP contribution in [0.5, 0.6) is 0 Å². The molecule has 0 fully saturated rings. The second-order valence-corrected chi connectivity index (χ2v) is 3.93. The Morgan fingerprint density at radius 1 is 0.929 bits per heavy atom. The van der Waals surface area contributed by atoms with Crippen LogP contribution in [0.3, 0.4) is 0 Å². The molecule has 1 rings (SSSR count). The Labute approximate surface area is 89.4 Å². The Hall–Kier alpha value is -0.820. The van der Waals surface area contributed by atoms with Crippen LogP contribution in [-0.2, 0) is 6.54 Å². The van der Waals surface area contributed by atoms with E-state index in [2.05, 4.69) is 51.1 Å². The largest absolute Gasteiger partial charge is 0.321 e. The Morgan fingerprint density at radius 3 is 1.86 bits per heavy atom. The zero-order valence-corrected chi connectivity index (χ0v) is 9.66. The number of benzene rings is 1. The summed E-state index contributed by atoms with van der Waals surface area (Å²) >= 11 is 0. The van der Waals surface area contributed by atoms with E-state index in [1.165, 1.54) is 36.2 Å². The highest BCUT2D eigenvalue weighted by atomic mass is 15.3. The first kappa shape index (κ1) is 11.3. The lowest BCUT2D eigenvalue weighted by Gasteiger charge is -2.35. The van der Waals surface area contributed by atoms with E-state index in [1.54, 1.807) is 0 Å². The fraction of sp³-hybridized carbons (Fsp3) is 0.538. The third-order valence-corrected chi connectivity index (χ3v) is 3.37. The summed E-state index contributed by atoms with van der Waals surface area (Å²) in [6, 6.07) is 10.8. The molecular formula is C13H23N+. The first-order valence-electron chi connectivity index (χ1n) is 5.65. The molecule has 1 aromatic rings. The maximum absolute atomic E-state index is 2.29. The van der Waals surface area contributed by atoms with Gasteiger partial charge in [-0.05, 0) is 20.8 Å². The Kier molecular flexibility index (Phi) is 4.15. The average molecular weight is 193 g/mol. The molecule has 0 bridgehead atoms. The molecule has 0 spiro atoms. The summed E-state index contributed by atoms with van der Waals surface area (Å²) in [5.41, 5.74) is 1.46. The lowest BCUT2D eigenvalue weighted by molar-refractivity contribution is -0.936. The molecule has 0 N–H and O–H groups in total. The molecule has 0 aliphatic rings. The summed E-state index contributed by atoms with van der Waals surface area (Å²) < 4.78 is 1.20. The van der Waals surface area contributed by atoms with Crippen molar-refractivity contribution in [3.05, 3.63) is 35.9 Å². The van der Waals surface area contributed by atoms with Gasteiger partial charge in [-0.3, -0.25) is 0 Å². The predicted octanol–water partition coefficient (Wildman–Crippen LogP) is 3.18. The molecule has 0 unspecified atom stereocenters. The second kappa shape index (κ2) is 5.16. The lowest BCUT2D eigenvalue weighted by Crippen LogP contribution is -2.46.